The van der Waals surface area contributed by atoms with E-state index in [4.69, 9.17) is 0 Å². The molecule has 2 N–H and O–H groups in total. The van der Waals surface area contributed by atoms with Crippen LogP contribution in [0.4, 0.5) is 5.82 Å². The highest BCUT2D eigenvalue weighted by Gasteiger charge is 2.34. The maximum absolute atomic E-state index is 11.4. The molecule has 0 saturated heterocycles. The zero-order chi connectivity index (χ0) is 14.0. The van der Waals surface area contributed by atoms with E-state index < -0.39 is 0 Å². The molecule has 0 unspecified atom stereocenters. The van der Waals surface area contributed by atoms with E-state index >= 15 is 0 Å². The van der Waals surface area contributed by atoms with Gasteiger partial charge >= 0.3 is 0 Å². The molecule has 1 aromatic rings. The molecule has 1 fully saturated rings. The summed E-state index contributed by atoms with van der Waals surface area (Å²) in [6.07, 6.45) is 3.33. The standard InChI is InChI=1S/C14H22N4O/c1-14(2,3)11-7-12(17-8-16-11)18-10-5-9(6-10)13(19)15-4/h7-10H,5-6H2,1-4H3,(H,15,19)(H,16,17,18)/t9-,10-. The fraction of sp³-hybridized carbons (Fsp3) is 0.643. The number of hydrogen-bond donors (Lipinski definition) is 2. The Morgan fingerprint density at radius 2 is 2.00 bits per heavy atom. The van der Waals surface area contributed by atoms with Crippen LogP contribution in [0, 0.1) is 5.92 Å². The minimum atomic E-state index is 0.0175. The van der Waals surface area contributed by atoms with Crippen LogP contribution < -0.4 is 10.6 Å². The summed E-state index contributed by atoms with van der Waals surface area (Å²) in [5.74, 6) is 1.13. The van der Waals surface area contributed by atoms with Crippen LogP contribution in [0.5, 0.6) is 0 Å². The Bertz CT molecular complexity index is 461. The Labute approximate surface area is 114 Å². The van der Waals surface area contributed by atoms with E-state index in [0.29, 0.717) is 6.04 Å². The third kappa shape index (κ3) is 3.22. The van der Waals surface area contributed by atoms with Crippen LogP contribution in [-0.4, -0.2) is 29.0 Å². The largest absolute Gasteiger partial charge is 0.367 e. The third-order valence-corrected chi connectivity index (χ3v) is 3.54. The molecule has 0 atom stereocenters. The maximum atomic E-state index is 11.4. The molecular weight excluding hydrogens is 240 g/mol. The molecule has 0 bridgehead atoms. The van der Waals surface area contributed by atoms with Crippen molar-refractivity contribution in [2.24, 2.45) is 5.92 Å². The number of carbonyl (C=O) groups is 1. The molecule has 0 aromatic carbocycles. The fourth-order valence-corrected chi connectivity index (χ4v) is 2.21. The van der Waals surface area contributed by atoms with Crippen molar-refractivity contribution in [3.8, 4) is 0 Å². The molecule has 1 saturated carbocycles. The van der Waals surface area contributed by atoms with E-state index in [1.807, 2.05) is 6.07 Å². The molecule has 1 amide bonds. The summed E-state index contributed by atoms with van der Waals surface area (Å²) in [5, 5.41) is 6.06. The Kier molecular flexibility index (Phi) is 3.73. The van der Waals surface area contributed by atoms with Crippen LogP contribution in [0.3, 0.4) is 0 Å². The molecule has 2 rings (SSSR count). The van der Waals surface area contributed by atoms with Gasteiger partial charge in [0.15, 0.2) is 0 Å². The number of hydrogen-bond acceptors (Lipinski definition) is 4. The van der Waals surface area contributed by atoms with Crippen LogP contribution >= 0.6 is 0 Å². The van der Waals surface area contributed by atoms with Gasteiger partial charge in [0.05, 0.1) is 5.69 Å². The number of nitrogens with zero attached hydrogens (tertiary/aromatic N) is 2. The number of anilines is 1. The highest BCUT2D eigenvalue weighted by atomic mass is 16.1. The van der Waals surface area contributed by atoms with E-state index in [9.17, 15) is 4.79 Å². The Balaban J connectivity index is 1.93. The predicted molar refractivity (Wildman–Crippen MR) is 74.9 cm³/mol. The number of amides is 1. The van der Waals surface area contributed by atoms with Gasteiger partial charge in [0.1, 0.15) is 12.1 Å². The summed E-state index contributed by atoms with van der Waals surface area (Å²) >= 11 is 0. The molecule has 5 heteroatoms. The average Bonchev–Trinajstić information content (AvgIpc) is 2.31. The molecule has 1 aliphatic rings. The van der Waals surface area contributed by atoms with Gasteiger partial charge in [-0.25, -0.2) is 9.97 Å². The van der Waals surface area contributed by atoms with Crippen molar-refractivity contribution in [3.63, 3.8) is 0 Å². The molecule has 1 aromatic heterocycles. The summed E-state index contributed by atoms with van der Waals surface area (Å²) in [6, 6.07) is 2.33. The van der Waals surface area contributed by atoms with Crippen LogP contribution in [0.25, 0.3) is 0 Å². The van der Waals surface area contributed by atoms with Crippen LogP contribution in [0.2, 0.25) is 0 Å². The first-order valence-corrected chi connectivity index (χ1v) is 6.71. The first kappa shape index (κ1) is 13.8. The van der Waals surface area contributed by atoms with Crippen molar-refractivity contribution in [2.75, 3.05) is 12.4 Å². The SMILES string of the molecule is CNC(=O)[C@H]1C[C@H](Nc2cc(C(C)(C)C)ncn2)C1. The fourth-order valence-electron chi connectivity index (χ4n) is 2.21. The van der Waals surface area contributed by atoms with Crippen LogP contribution in [0.1, 0.15) is 39.3 Å². The van der Waals surface area contributed by atoms with Gasteiger partial charge in [-0.2, -0.15) is 0 Å². The van der Waals surface area contributed by atoms with Gasteiger partial charge in [-0.1, -0.05) is 20.8 Å². The normalized spacial score (nSPS) is 22.5. The first-order chi connectivity index (χ1) is 8.90. The second-order valence-corrected chi connectivity index (χ2v) is 6.16. The minimum Gasteiger partial charge on any atom is -0.367 e. The average molecular weight is 262 g/mol. The molecular formula is C14H22N4O. The van der Waals surface area contributed by atoms with Gasteiger partial charge in [-0.3, -0.25) is 4.79 Å². The molecule has 0 spiro atoms. The Hall–Kier alpha value is -1.65. The zero-order valence-corrected chi connectivity index (χ0v) is 12.0. The second kappa shape index (κ2) is 5.15. The quantitative estimate of drug-likeness (QED) is 0.870. The van der Waals surface area contributed by atoms with Crippen molar-refractivity contribution in [1.82, 2.24) is 15.3 Å². The lowest BCUT2D eigenvalue weighted by atomic mass is 9.79. The van der Waals surface area contributed by atoms with E-state index in [0.717, 1.165) is 24.4 Å². The number of rotatable bonds is 3. The van der Waals surface area contributed by atoms with Crippen LogP contribution in [0.15, 0.2) is 12.4 Å². The molecule has 1 aliphatic carbocycles. The van der Waals surface area contributed by atoms with Crippen molar-refractivity contribution >= 4 is 11.7 Å². The zero-order valence-electron chi connectivity index (χ0n) is 12.0. The van der Waals surface area contributed by atoms with Crippen LogP contribution in [-0.2, 0) is 10.2 Å². The number of carbonyl (C=O) groups excluding carboxylic acids is 1. The monoisotopic (exact) mass is 262 g/mol. The van der Waals surface area contributed by atoms with E-state index in [1.165, 1.54) is 0 Å². The topological polar surface area (TPSA) is 66.9 Å². The van der Waals surface area contributed by atoms with Crippen molar-refractivity contribution in [2.45, 2.75) is 45.1 Å². The van der Waals surface area contributed by atoms with E-state index in [-0.39, 0.29) is 17.2 Å². The number of aromatic nitrogens is 2. The van der Waals surface area contributed by atoms with Crippen molar-refractivity contribution in [3.05, 3.63) is 18.1 Å². The van der Waals surface area contributed by atoms with Gasteiger partial charge in [0.2, 0.25) is 5.91 Å². The summed E-state index contributed by atoms with van der Waals surface area (Å²) in [6.45, 7) is 6.39. The molecule has 5 nitrogen and oxygen atoms in total. The van der Waals surface area contributed by atoms with E-state index in [2.05, 4.69) is 41.4 Å². The lowest BCUT2D eigenvalue weighted by Crippen LogP contribution is -2.43. The van der Waals surface area contributed by atoms with Gasteiger partial charge < -0.3 is 10.6 Å². The summed E-state index contributed by atoms with van der Waals surface area (Å²) in [4.78, 5) is 20.0. The molecule has 0 aliphatic heterocycles. The lowest BCUT2D eigenvalue weighted by Gasteiger charge is -2.34. The summed E-state index contributed by atoms with van der Waals surface area (Å²) in [7, 11) is 1.68. The molecule has 19 heavy (non-hydrogen) atoms. The first-order valence-electron chi connectivity index (χ1n) is 6.71. The minimum absolute atomic E-state index is 0.0175. The summed E-state index contributed by atoms with van der Waals surface area (Å²) < 4.78 is 0. The third-order valence-electron chi connectivity index (χ3n) is 3.54. The predicted octanol–water partition coefficient (Wildman–Crippen LogP) is 1.71. The van der Waals surface area contributed by atoms with Gasteiger partial charge in [0, 0.05) is 30.5 Å². The van der Waals surface area contributed by atoms with Crippen molar-refractivity contribution < 1.29 is 4.79 Å². The molecule has 104 valence electrons. The van der Waals surface area contributed by atoms with Gasteiger partial charge in [-0.15, -0.1) is 0 Å². The van der Waals surface area contributed by atoms with Gasteiger partial charge in [-0.05, 0) is 12.8 Å². The highest BCUT2D eigenvalue weighted by molar-refractivity contribution is 5.79. The molecule has 1 heterocycles. The Morgan fingerprint density at radius 1 is 1.32 bits per heavy atom. The van der Waals surface area contributed by atoms with E-state index in [1.54, 1.807) is 13.4 Å². The lowest BCUT2D eigenvalue weighted by molar-refractivity contribution is -0.127. The Morgan fingerprint density at radius 3 is 2.58 bits per heavy atom. The smallest absolute Gasteiger partial charge is 0.223 e. The van der Waals surface area contributed by atoms with Gasteiger partial charge in [0.25, 0.3) is 0 Å². The van der Waals surface area contributed by atoms with Crippen molar-refractivity contribution in [1.29, 1.82) is 0 Å². The molecule has 0 radical (unpaired) electrons. The second-order valence-electron chi connectivity index (χ2n) is 6.16. The number of nitrogens with one attached hydrogen (secondary N) is 2. The highest BCUT2D eigenvalue weighted by Crippen LogP contribution is 2.30. The maximum Gasteiger partial charge on any atom is 0.223 e. The summed E-state index contributed by atoms with van der Waals surface area (Å²) in [5.41, 5.74) is 1.04.